The zero-order chi connectivity index (χ0) is 21.9. The zero-order valence-corrected chi connectivity index (χ0v) is 21.5. The summed E-state index contributed by atoms with van der Waals surface area (Å²) in [5, 5.41) is 6.68. The van der Waals surface area contributed by atoms with Gasteiger partial charge < -0.3 is 20.0 Å². The number of amides is 1. The number of carbonyl (C=O) groups excluding carboxylic acids is 1. The topological polar surface area (TPSA) is 73.1 Å². The van der Waals surface area contributed by atoms with Crippen molar-refractivity contribution in [1.29, 1.82) is 0 Å². The molecule has 0 spiro atoms. The maximum absolute atomic E-state index is 12.5. The highest BCUT2D eigenvalue weighted by Gasteiger charge is 2.24. The van der Waals surface area contributed by atoms with Crippen LogP contribution in [0, 0.1) is 0 Å². The van der Waals surface area contributed by atoms with Gasteiger partial charge in [-0.15, -0.1) is 24.0 Å². The van der Waals surface area contributed by atoms with Crippen molar-refractivity contribution in [1.82, 2.24) is 20.4 Å². The summed E-state index contributed by atoms with van der Waals surface area (Å²) in [6.45, 7) is 4.03. The molecule has 2 N–H and O–H groups in total. The second-order valence-corrected chi connectivity index (χ2v) is 7.99. The lowest BCUT2D eigenvalue weighted by Crippen LogP contribution is -2.45. The normalized spacial score (nSPS) is 15.5. The minimum Gasteiger partial charge on any atom is -0.468 e. The molecule has 1 unspecified atom stereocenters. The number of aliphatic imine (C=N–C) groups is 1. The molecule has 8 heteroatoms. The van der Waals surface area contributed by atoms with Gasteiger partial charge in [0.2, 0.25) is 5.91 Å². The van der Waals surface area contributed by atoms with Crippen molar-refractivity contribution in [3.05, 3.63) is 60.1 Å². The van der Waals surface area contributed by atoms with E-state index in [2.05, 4.69) is 20.5 Å². The molecule has 1 aromatic heterocycles. The number of benzene rings is 1. The average molecular weight is 553 g/mol. The van der Waals surface area contributed by atoms with Crippen LogP contribution in [0.25, 0.3) is 0 Å². The van der Waals surface area contributed by atoms with Crippen molar-refractivity contribution in [3.8, 4) is 0 Å². The van der Waals surface area contributed by atoms with Crippen LogP contribution in [0.1, 0.15) is 43.0 Å². The van der Waals surface area contributed by atoms with Crippen LogP contribution in [0.5, 0.6) is 0 Å². The second-order valence-electron chi connectivity index (χ2n) is 7.99. The summed E-state index contributed by atoms with van der Waals surface area (Å²) in [4.78, 5) is 21.0. The molecule has 1 saturated heterocycles. The Labute approximate surface area is 208 Å². The van der Waals surface area contributed by atoms with E-state index < -0.39 is 0 Å². The van der Waals surface area contributed by atoms with Gasteiger partial charge in [0.15, 0.2) is 5.96 Å². The van der Waals surface area contributed by atoms with Gasteiger partial charge in [-0.2, -0.15) is 0 Å². The van der Waals surface area contributed by atoms with Gasteiger partial charge in [-0.05, 0) is 43.6 Å². The third-order valence-corrected chi connectivity index (χ3v) is 5.71. The number of likely N-dealkylation sites (tertiary alicyclic amines) is 1. The maximum atomic E-state index is 12.5. The lowest BCUT2D eigenvalue weighted by molar-refractivity contribution is -0.130. The number of halogens is 1. The molecule has 2 heterocycles. The molecule has 176 valence electrons. The highest BCUT2D eigenvalue weighted by Crippen LogP contribution is 2.24. The molecule has 0 aliphatic carbocycles. The second kappa shape index (κ2) is 14.2. The molecular weight excluding hydrogens is 517 g/mol. The molecule has 1 aliphatic heterocycles. The molecule has 1 aliphatic rings. The molecule has 1 fully saturated rings. The van der Waals surface area contributed by atoms with E-state index in [1.807, 2.05) is 49.5 Å². The molecule has 1 atom stereocenters. The maximum Gasteiger partial charge on any atom is 0.224 e. The van der Waals surface area contributed by atoms with Gasteiger partial charge in [0, 0.05) is 40.2 Å². The molecule has 0 bridgehead atoms. The number of furan rings is 1. The number of hydrogen-bond acceptors (Lipinski definition) is 4. The predicted molar refractivity (Wildman–Crippen MR) is 139 cm³/mol. The number of nitrogens with zero attached hydrogens (tertiary/aromatic N) is 3. The van der Waals surface area contributed by atoms with Gasteiger partial charge in [0.05, 0.1) is 12.3 Å². The summed E-state index contributed by atoms with van der Waals surface area (Å²) < 4.78 is 5.71. The summed E-state index contributed by atoms with van der Waals surface area (Å²) >= 11 is 0. The minimum atomic E-state index is 0. The molecule has 32 heavy (non-hydrogen) atoms. The average Bonchev–Trinajstić information content (AvgIpc) is 3.34. The van der Waals surface area contributed by atoms with E-state index in [0.29, 0.717) is 32.0 Å². The van der Waals surface area contributed by atoms with Gasteiger partial charge in [0.1, 0.15) is 5.76 Å². The van der Waals surface area contributed by atoms with Crippen molar-refractivity contribution in [2.24, 2.45) is 4.99 Å². The first-order valence-corrected chi connectivity index (χ1v) is 11.2. The van der Waals surface area contributed by atoms with Crippen LogP contribution in [0.3, 0.4) is 0 Å². The van der Waals surface area contributed by atoms with Crippen molar-refractivity contribution in [2.75, 3.05) is 40.3 Å². The quantitative estimate of drug-likeness (QED) is 0.282. The first-order chi connectivity index (χ1) is 15.2. The first-order valence-electron chi connectivity index (χ1n) is 11.2. The van der Waals surface area contributed by atoms with E-state index in [9.17, 15) is 4.79 Å². The Hall–Kier alpha value is -2.07. The lowest BCUT2D eigenvalue weighted by Gasteiger charge is -2.33. The van der Waals surface area contributed by atoms with Crippen molar-refractivity contribution in [2.45, 2.75) is 38.3 Å². The van der Waals surface area contributed by atoms with Crippen LogP contribution in [0.15, 0.2) is 58.1 Å². The summed E-state index contributed by atoms with van der Waals surface area (Å²) in [6, 6.07) is 14.2. The molecule has 0 saturated carbocycles. The number of carbonyl (C=O) groups is 1. The molecule has 1 aromatic carbocycles. The smallest absolute Gasteiger partial charge is 0.224 e. The molecule has 2 aromatic rings. The van der Waals surface area contributed by atoms with Crippen LogP contribution in [0.2, 0.25) is 0 Å². The lowest BCUT2D eigenvalue weighted by atomic mass is 10.1. The first kappa shape index (κ1) is 26.2. The van der Waals surface area contributed by atoms with Gasteiger partial charge >= 0.3 is 0 Å². The van der Waals surface area contributed by atoms with Crippen LogP contribution in [-0.2, 0) is 11.3 Å². The largest absolute Gasteiger partial charge is 0.468 e. The van der Waals surface area contributed by atoms with Crippen LogP contribution < -0.4 is 10.6 Å². The third kappa shape index (κ3) is 8.12. The van der Waals surface area contributed by atoms with E-state index in [1.165, 1.54) is 19.3 Å². The fourth-order valence-corrected chi connectivity index (χ4v) is 3.96. The Bertz CT molecular complexity index is 807. The SMILES string of the molecule is CN=C(NCCC(=O)N(C)Cc1ccccc1)NCC(c1ccco1)N1CCCCC1.I. The van der Waals surface area contributed by atoms with Crippen LogP contribution in [0.4, 0.5) is 0 Å². The summed E-state index contributed by atoms with van der Waals surface area (Å²) in [6.07, 6.45) is 5.89. The summed E-state index contributed by atoms with van der Waals surface area (Å²) in [7, 11) is 3.59. The fourth-order valence-electron chi connectivity index (χ4n) is 3.96. The number of hydrogen-bond donors (Lipinski definition) is 2. The Morgan fingerprint density at radius 2 is 1.88 bits per heavy atom. The van der Waals surface area contributed by atoms with Crippen molar-refractivity contribution in [3.63, 3.8) is 0 Å². The van der Waals surface area contributed by atoms with E-state index in [0.717, 1.165) is 24.4 Å². The summed E-state index contributed by atoms with van der Waals surface area (Å²) in [5.41, 5.74) is 1.13. The standard InChI is InChI=1S/C24H35N5O2.HI/c1-25-24(26-14-13-23(30)28(2)19-20-10-5-3-6-11-20)27-18-21(22-12-9-17-31-22)29-15-7-4-8-16-29;/h3,5-6,9-12,17,21H,4,7-8,13-16,18-19H2,1-2H3,(H2,25,26,27);1H. The number of rotatable bonds is 9. The van der Waals surface area contributed by atoms with Gasteiger partial charge in [0.25, 0.3) is 0 Å². The fraction of sp³-hybridized carbons (Fsp3) is 0.500. The highest BCUT2D eigenvalue weighted by atomic mass is 127. The van der Waals surface area contributed by atoms with E-state index in [4.69, 9.17) is 4.42 Å². The Morgan fingerprint density at radius 1 is 1.12 bits per heavy atom. The van der Waals surface area contributed by atoms with Gasteiger partial charge in [-0.25, -0.2) is 0 Å². The number of piperidine rings is 1. The van der Waals surface area contributed by atoms with Gasteiger partial charge in [-0.1, -0.05) is 36.8 Å². The number of nitrogens with one attached hydrogen (secondary N) is 2. The monoisotopic (exact) mass is 553 g/mol. The minimum absolute atomic E-state index is 0. The Kier molecular flexibility index (Phi) is 11.6. The molecule has 7 nitrogen and oxygen atoms in total. The number of guanidine groups is 1. The molecule has 1 amide bonds. The zero-order valence-electron chi connectivity index (χ0n) is 19.1. The molecule has 0 radical (unpaired) electrons. The third-order valence-electron chi connectivity index (χ3n) is 5.71. The molecular formula is C24H36IN5O2. The van der Waals surface area contributed by atoms with Crippen molar-refractivity contribution >= 4 is 35.8 Å². The van der Waals surface area contributed by atoms with Crippen LogP contribution in [-0.4, -0.2) is 61.9 Å². The van der Waals surface area contributed by atoms with Crippen LogP contribution >= 0.6 is 24.0 Å². The highest BCUT2D eigenvalue weighted by molar-refractivity contribution is 14.0. The van der Waals surface area contributed by atoms with E-state index >= 15 is 0 Å². The molecule has 3 rings (SSSR count). The predicted octanol–water partition coefficient (Wildman–Crippen LogP) is 3.64. The van der Waals surface area contributed by atoms with E-state index in [-0.39, 0.29) is 35.9 Å². The Balaban J connectivity index is 0.00000363. The van der Waals surface area contributed by atoms with Gasteiger partial charge in [-0.3, -0.25) is 14.7 Å². The van der Waals surface area contributed by atoms with E-state index in [1.54, 1.807) is 18.2 Å². The Morgan fingerprint density at radius 3 is 2.53 bits per heavy atom. The summed E-state index contributed by atoms with van der Waals surface area (Å²) in [5.74, 6) is 1.78. The van der Waals surface area contributed by atoms with Crippen molar-refractivity contribution < 1.29 is 9.21 Å².